The van der Waals surface area contributed by atoms with Gasteiger partial charge in [-0.3, -0.25) is 14.8 Å². The summed E-state index contributed by atoms with van der Waals surface area (Å²) in [4.78, 5) is 32.5. The van der Waals surface area contributed by atoms with Gasteiger partial charge in [-0.05, 0) is 31.0 Å². The predicted molar refractivity (Wildman–Crippen MR) is 114 cm³/mol. The Bertz CT molecular complexity index is 1210. The first kappa shape index (κ1) is 18.4. The van der Waals surface area contributed by atoms with Crippen LogP contribution in [-0.4, -0.2) is 48.7 Å². The lowest BCUT2D eigenvalue weighted by Crippen LogP contribution is -2.30. The van der Waals surface area contributed by atoms with Gasteiger partial charge in [-0.2, -0.15) is 10.1 Å². The van der Waals surface area contributed by atoms with Gasteiger partial charge < -0.3 is 10.2 Å². The number of hydrogen-bond acceptors (Lipinski definition) is 7. The molecule has 9 nitrogen and oxygen atoms in total. The molecular formula is C21H22N8O. The van der Waals surface area contributed by atoms with Crippen LogP contribution in [0.1, 0.15) is 25.7 Å². The van der Waals surface area contributed by atoms with Crippen molar-refractivity contribution in [2.75, 3.05) is 17.3 Å². The Morgan fingerprint density at radius 1 is 1.17 bits per heavy atom. The molecule has 9 heteroatoms. The Kier molecular flexibility index (Phi) is 4.70. The zero-order valence-corrected chi connectivity index (χ0v) is 16.7. The van der Waals surface area contributed by atoms with Crippen LogP contribution in [0.4, 0.5) is 11.6 Å². The minimum Gasteiger partial charge on any atom is -0.341 e. The van der Waals surface area contributed by atoms with Crippen LogP contribution in [0.25, 0.3) is 22.1 Å². The zero-order chi connectivity index (χ0) is 20.5. The van der Waals surface area contributed by atoms with E-state index < -0.39 is 0 Å². The van der Waals surface area contributed by atoms with Gasteiger partial charge in [0.15, 0.2) is 5.65 Å². The van der Waals surface area contributed by atoms with Crippen LogP contribution in [0.5, 0.6) is 0 Å². The quantitative estimate of drug-likeness (QED) is 0.548. The molecule has 0 bridgehead atoms. The molecule has 0 spiro atoms. The van der Waals surface area contributed by atoms with Gasteiger partial charge in [0.1, 0.15) is 6.54 Å². The molecule has 1 aliphatic rings. The second kappa shape index (κ2) is 7.66. The number of hydrogen-bond donors (Lipinski definition) is 1. The molecule has 0 atom stereocenters. The summed E-state index contributed by atoms with van der Waals surface area (Å²) in [5.41, 5.74) is 2.76. The fourth-order valence-electron chi connectivity index (χ4n) is 3.96. The van der Waals surface area contributed by atoms with Gasteiger partial charge in [0.25, 0.3) is 0 Å². The highest BCUT2D eigenvalue weighted by atomic mass is 16.2. The molecule has 0 saturated heterocycles. The van der Waals surface area contributed by atoms with Crippen molar-refractivity contribution in [2.24, 2.45) is 0 Å². The molecular weight excluding hydrogens is 380 g/mol. The SMILES string of the molecule is CN(c1ncc2cnn(CC(=O)Nc3cnc4cccnc4c3)c2n1)C1CCCC1. The third-order valence-corrected chi connectivity index (χ3v) is 5.58. The first-order valence-corrected chi connectivity index (χ1v) is 10.1. The molecule has 1 amide bonds. The van der Waals surface area contributed by atoms with Crippen molar-refractivity contribution in [3.63, 3.8) is 0 Å². The maximum absolute atomic E-state index is 12.6. The molecule has 4 heterocycles. The van der Waals surface area contributed by atoms with Crippen LogP contribution in [0.15, 0.2) is 43.0 Å². The molecule has 4 aromatic rings. The second-order valence-electron chi connectivity index (χ2n) is 7.61. The highest BCUT2D eigenvalue weighted by Gasteiger charge is 2.22. The topological polar surface area (TPSA) is 102 Å². The summed E-state index contributed by atoms with van der Waals surface area (Å²) >= 11 is 0. The summed E-state index contributed by atoms with van der Waals surface area (Å²) in [5.74, 6) is 0.461. The Morgan fingerprint density at radius 3 is 2.90 bits per heavy atom. The van der Waals surface area contributed by atoms with Gasteiger partial charge in [-0.25, -0.2) is 9.67 Å². The Balaban J connectivity index is 1.34. The first-order chi connectivity index (χ1) is 14.7. The van der Waals surface area contributed by atoms with E-state index in [0.29, 0.717) is 23.3 Å². The lowest BCUT2D eigenvalue weighted by atomic mass is 10.2. The number of rotatable bonds is 5. The van der Waals surface area contributed by atoms with Crippen LogP contribution in [0.3, 0.4) is 0 Å². The fourth-order valence-corrected chi connectivity index (χ4v) is 3.96. The average molecular weight is 402 g/mol. The van der Waals surface area contributed by atoms with Crippen molar-refractivity contribution in [1.82, 2.24) is 29.7 Å². The van der Waals surface area contributed by atoms with Crippen molar-refractivity contribution >= 4 is 39.6 Å². The molecule has 0 aliphatic heterocycles. The molecule has 0 radical (unpaired) electrons. The third kappa shape index (κ3) is 3.54. The van der Waals surface area contributed by atoms with E-state index in [0.717, 1.165) is 29.3 Å². The average Bonchev–Trinajstić information content (AvgIpc) is 3.43. The smallest absolute Gasteiger partial charge is 0.246 e. The number of pyridine rings is 2. The minimum absolute atomic E-state index is 0.0490. The van der Waals surface area contributed by atoms with E-state index in [9.17, 15) is 4.79 Å². The summed E-state index contributed by atoms with van der Waals surface area (Å²) in [7, 11) is 2.03. The summed E-state index contributed by atoms with van der Waals surface area (Å²) in [6.07, 6.45) is 11.6. The maximum atomic E-state index is 12.6. The van der Waals surface area contributed by atoms with E-state index >= 15 is 0 Å². The molecule has 1 fully saturated rings. The molecule has 1 saturated carbocycles. The number of fused-ring (bicyclic) bond motifs is 2. The van der Waals surface area contributed by atoms with Crippen molar-refractivity contribution in [3.8, 4) is 0 Å². The van der Waals surface area contributed by atoms with Crippen LogP contribution < -0.4 is 10.2 Å². The van der Waals surface area contributed by atoms with Crippen LogP contribution in [-0.2, 0) is 11.3 Å². The Hall–Kier alpha value is -3.62. The Labute approximate surface area is 173 Å². The molecule has 4 aromatic heterocycles. The van der Waals surface area contributed by atoms with Gasteiger partial charge >= 0.3 is 0 Å². The van der Waals surface area contributed by atoms with Crippen molar-refractivity contribution in [2.45, 2.75) is 38.3 Å². The van der Waals surface area contributed by atoms with E-state index in [-0.39, 0.29) is 12.5 Å². The third-order valence-electron chi connectivity index (χ3n) is 5.58. The number of aromatic nitrogens is 6. The molecule has 0 unspecified atom stereocenters. The summed E-state index contributed by atoms with van der Waals surface area (Å²) in [6.45, 7) is 0.0490. The van der Waals surface area contributed by atoms with E-state index in [1.54, 1.807) is 35.5 Å². The van der Waals surface area contributed by atoms with E-state index in [1.165, 1.54) is 12.8 Å². The highest BCUT2D eigenvalue weighted by Crippen LogP contribution is 2.25. The van der Waals surface area contributed by atoms with E-state index in [1.807, 2.05) is 19.2 Å². The zero-order valence-electron chi connectivity index (χ0n) is 16.7. The number of amides is 1. The molecule has 1 N–H and O–H groups in total. The standard InChI is InChI=1S/C21H22N8O/c1-28(16-5-2-3-6-16)21-24-10-14-11-25-29(20(14)27-21)13-19(30)26-15-9-18-17(23-12-15)7-4-8-22-18/h4,7-12,16H,2-3,5-6,13H2,1H3,(H,26,30). The first-order valence-electron chi connectivity index (χ1n) is 10.1. The van der Waals surface area contributed by atoms with Crippen molar-refractivity contribution in [1.29, 1.82) is 0 Å². The van der Waals surface area contributed by atoms with Crippen LogP contribution >= 0.6 is 0 Å². The summed E-state index contributed by atoms with van der Waals surface area (Å²) in [5, 5.41) is 8.00. The largest absolute Gasteiger partial charge is 0.341 e. The lowest BCUT2D eigenvalue weighted by molar-refractivity contribution is -0.116. The second-order valence-corrected chi connectivity index (χ2v) is 7.61. The number of carbonyl (C=O) groups is 1. The number of nitrogens with one attached hydrogen (secondary N) is 1. The van der Waals surface area contributed by atoms with Crippen LogP contribution in [0, 0.1) is 0 Å². The number of nitrogens with zero attached hydrogens (tertiary/aromatic N) is 7. The normalized spacial score (nSPS) is 14.4. The van der Waals surface area contributed by atoms with Gasteiger partial charge in [-0.1, -0.05) is 12.8 Å². The highest BCUT2D eigenvalue weighted by molar-refractivity contribution is 5.93. The molecule has 5 rings (SSSR count). The number of carbonyl (C=O) groups excluding carboxylic acids is 1. The Morgan fingerprint density at radius 2 is 2.03 bits per heavy atom. The van der Waals surface area contributed by atoms with E-state index in [2.05, 4.69) is 30.3 Å². The number of anilines is 2. The summed E-state index contributed by atoms with van der Waals surface area (Å²) < 4.78 is 1.60. The van der Waals surface area contributed by atoms with Crippen molar-refractivity contribution < 1.29 is 4.79 Å². The lowest BCUT2D eigenvalue weighted by Gasteiger charge is -2.24. The molecule has 1 aliphatic carbocycles. The van der Waals surface area contributed by atoms with Crippen LogP contribution in [0.2, 0.25) is 0 Å². The monoisotopic (exact) mass is 402 g/mol. The van der Waals surface area contributed by atoms with Gasteiger partial charge in [0, 0.05) is 25.5 Å². The van der Waals surface area contributed by atoms with Gasteiger partial charge in [0.2, 0.25) is 11.9 Å². The maximum Gasteiger partial charge on any atom is 0.246 e. The molecule has 0 aromatic carbocycles. The summed E-state index contributed by atoms with van der Waals surface area (Å²) in [6, 6.07) is 5.98. The molecule has 30 heavy (non-hydrogen) atoms. The van der Waals surface area contributed by atoms with Crippen molar-refractivity contribution in [3.05, 3.63) is 43.0 Å². The predicted octanol–water partition coefficient (Wildman–Crippen LogP) is 2.79. The minimum atomic E-state index is -0.207. The molecule has 152 valence electrons. The van der Waals surface area contributed by atoms with E-state index in [4.69, 9.17) is 4.98 Å². The fraction of sp³-hybridized carbons (Fsp3) is 0.333. The van der Waals surface area contributed by atoms with Gasteiger partial charge in [-0.15, -0.1) is 0 Å². The van der Waals surface area contributed by atoms with Gasteiger partial charge in [0.05, 0.1) is 34.5 Å².